The van der Waals surface area contributed by atoms with Crippen molar-refractivity contribution in [2.45, 2.75) is 6.54 Å². The number of ether oxygens (including phenoxy) is 1. The van der Waals surface area contributed by atoms with Crippen molar-refractivity contribution >= 4 is 17.2 Å². The Bertz CT molecular complexity index is 754. The van der Waals surface area contributed by atoms with Crippen molar-refractivity contribution in [2.75, 3.05) is 6.61 Å². The molecule has 3 nitrogen and oxygen atoms in total. The van der Waals surface area contributed by atoms with Crippen molar-refractivity contribution in [2.24, 2.45) is 0 Å². The highest BCUT2D eigenvalue weighted by atomic mass is 32.1. The second-order valence-electron chi connectivity index (χ2n) is 5.05. The molecule has 2 aromatic carbocycles. The van der Waals surface area contributed by atoms with Crippen molar-refractivity contribution < 1.29 is 9.53 Å². The maximum absolute atomic E-state index is 12.0. The van der Waals surface area contributed by atoms with E-state index in [1.54, 1.807) is 11.3 Å². The summed E-state index contributed by atoms with van der Waals surface area (Å²) in [6.07, 6.45) is 0. The van der Waals surface area contributed by atoms with Crippen molar-refractivity contribution in [1.29, 1.82) is 0 Å². The third-order valence-electron chi connectivity index (χ3n) is 3.44. The van der Waals surface area contributed by atoms with Gasteiger partial charge in [-0.25, -0.2) is 0 Å². The van der Waals surface area contributed by atoms with Crippen LogP contribution in [0.5, 0.6) is 5.75 Å². The molecule has 3 aromatic rings. The maximum Gasteiger partial charge on any atom is 0.258 e. The van der Waals surface area contributed by atoms with Gasteiger partial charge >= 0.3 is 0 Å². The summed E-state index contributed by atoms with van der Waals surface area (Å²) in [5.41, 5.74) is 3.43. The summed E-state index contributed by atoms with van der Waals surface area (Å²) in [5.74, 6) is 0.565. The van der Waals surface area contributed by atoms with Crippen molar-refractivity contribution in [1.82, 2.24) is 5.32 Å². The molecule has 23 heavy (non-hydrogen) atoms. The molecule has 1 amide bonds. The first-order valence-electron chi connectivity index (χ1n) is 7.38. The molecular weight excluding hydrogens is 306 g/mol. The molecule has 0 aliphatic carbocycles. The zero-order valence-electron chi connectivity index (χ0n) is 12.6. The van der Waals surface area contributed by atoms with Crippen molar-refractivity contribution in [3.05, 3.63) is 77.0 Å². The van der Waals surface area contributed by atoms with Crippen molar-refractivity contribution in [3.8, 4) is 16.9 Å². The van der Waals surface area contributed by atoms with Gasteiger partial charge in [-0.3, -0.25) is 4.79 Å². The highest BCUT2D eigenvalue weighted by Crippen LogP contribution is 2.25. The Hall–Kier alpha value is -2.59. The predicted octanol–water partition coefficient (Wildman–Crippen LogP) is 4.11. The highest BCUT2D eigenvalue weighted by Gasteiger charge is 2.07. The van der Waals surface area contributed by atoms with Crippen LogP contribution in [-0.2, 0) is 11.3 Å². The van der Waals surface area contributed by atoms with Crippen LogP contribution in [-0.4, -0.2) is 12.5 Å². The summed E-state index contributed by atoms with van der Waals surface area (Å²) in [7, 11) is 0. The molecule has 0 fully saturated rings. The molecular formula is C19H17NO2S. The summed E-state index contributed by atoms with van der Waals surface area (Å²) in [6.45, 7) is 0.508. The van der Waals surface area contributed by atoms with E-state index in [0.717, 1.165) is 11.1 Å². The number of carbonyl (C=O) groups is 1. The number of nitrogens with one attached hydrogen (secondary N) is 1. The molecule has 0 spiro atoms. The Balaban J connectivity index is 1.57. The first kappa shape index (κ1) is 15.3. The van der Waals surface area contributed by atoms with E-state index in [0.29, 0.717) is 12.3 Å². The number of amides is 1. The zero-order valence-corrected chi connectivity index (χ0v) is 13.4. The minimum atomic E-state index is -0.131. The van der Waals surface area contributed by atoms with Gasteiger partial charge in [0.25, 0.3) is 5.91 Å². The van der Waals surface area contributed by atoms with Gasteiger partial charge in [-0.05, 0) is 45.6 Å². The second kappa shape index (κ2) is 7.61. The van der Waals surface area contributed by atoms with Gasteiger partial charge in [-0.1, -0.05) is 42.5 Å². The molecule has 1 heterocycles. The molecule has 0 unspecified atom stereocenters. The Morgan fingerprint density at radius 2 is 1.78 bits per heavy atom. The fraction of sp³-hybridized carbons (Fsp3) is 0.105. The Kier molecular flexibility index (Phi) is 5.06. The second-order valence-corrected chi connectivity index (χ2v) is 5.83. The molecule has 1 aromatic heterocycles. The van der Waals surface area contributed by atoms with Gasteiger partial charge in [0, 0.05) is 6.54 Å². The number of carbonyl (C=O) groups excluding carboxylic acids is 1. The quantitative estimate of drug-likeness (QED) is 0.741. The van der Waals surface area contributed by atoms with Crippen LogP contribution >= 0.6 is 11.3 Å². The van der Waals surface area contributed by atoms with E-state index < -0.39 is 0 Å². The van der Waals surface area contributed by atoms with Crippen LogP contribution in [0.2, 0.25) is 0 Å². The lowest BCUT2D eigenvalue weighted by Gasteiger charge is -2.10. The third-order valence-corrected chi connectivity index (χ3v) is 4.12. The van der Waals surface area contributed by atoms with Crippen LogP contribution in [0, 0.1) is 0 Å². The lowest BCUT2D eigenvalue weighted by molar-refractivity contribution is -0.123. The average Bonchev–Trinajstić information content (AvgIpc) is 3.14. The minimum absolute atomic E-state index is 0.0185. The standard InChI is InChI=1S/C19H17NO2S/c21-19(13-22-17-7-2-1-3-8-17)20-12-15-6-4-5-9-18(15)16-10-11-23-14-16/h1-11,14H,12-13H2,(H,20,21). The summed E-state index contributed by atoms with van der Waals surface area (Å²) in [6, 6.07) is 19.5. The van der Waals surface area contributed by atoms with Crippen LogP contribution in [0.3, 0.4) is 0 Å². The fourth-order valence-corrected chi connectivity index (χ4v) is 2.94. The zero-order chi connectivity index (χ0) is 15.9. The maximum atomic E-state index is 12.0. The monoisotopic (exact) mass is 323 g/mol. The number of hydrogen-bond acceptors (Lipinski definition) is 3. The van der Waals surface area contributed by atoms with Crippen molar-refractivity contribution in [3.63, 3.8) is 0 Å². The molecule has 4 heteroatoms. The van der Waals surface area contributed by atoms with Gasteiger partial charge in [-0.15, -0.1) is 0 Å². The summed E-state index contributed by atoms with van der Waals surface area (Å²) in [4.78, 5) is 12.0. The van der Waals surface area contributed by atoms with Gasteiger partial charge in [0.2, 0.25) is 0 Å². The molecule has 0 saturated heterocycles. The molecule has 116 valence electrons. The van der Waals surface area contributed by atoms with Crippen LogP contribution in [0.1, 0.15) is 5.56 Å². The van der Waals surface area contributed by atoms with E-state index in [1.165, 1.54) is 5.56 Å². The third kappa shape index (κ3) is 4.20. The predicted molar refractivity (Wildman–Crippen MR) is 93.5 cm³/mol. The minimum Gasteiger partial charge on any atom is -0.484 e. The van der Waals surface area contributed by atoms with E-state index in [1.807, 2.05) is 48.5 Å². The lowest BCUT2D eigenvalue weighted by Crippen LogP contribution is -2.28. The van der Waals surface area contributed by atoms with Crippen LogP contribution < -0.4 is 10.1 Å². The van der Waals surface area contributed by atoms with E-state index in [2.05, 4.69) is 28.2 Å². The Labute approximate surface area is 139 Å². The van der Waals surface area contributed by atoms with Gasteiger partial charge in [0.1, 0.15) is 5.75 Å². The smallest absolute Gasteiger partial charge is 0.258 e. The molecule has 0 radical (unpaired) electrons. The number of para-hydroxylation sites is 1. The normalized spacial score (nSPS) is 10.3. The number of benzene rings is 2. The van der Waals surface area contributed by atoms with Gasteiger partial charge in [0.15, 0.2) is 6.61 Å². The number of rotatable bonds is 6. The van der Waals surface area contributed by atoms with Gasteiger partial charge in [0.05, 0.1) is 0 Å². The SMILES string of the molecule is O=C(COc1ccccc1)NCc1ccccc1-c1ccsc1. The average molecular weight is 323 g/mol. The first-order valence-corrected chi connectivity index (χ1v) is 8.32. The molecule has 0 bridgehead atoms. The lowest BCUT2D eigenvalue weighted by atomic mass is 10.0. The summed E-state index contributed by atoms with van der Waals surface area (Å²) < 4.78 is 5.45. The topological polar surface area (TPSA) is 38.3 Å². The van der Waals surface area contributed by atoms with E-state index in [4.69, 9.17) is 4.74 Å². The molecule has 0 saturated carbocycles. The Morgan fingerprint density at radius 3 is 2.57 bits per heavy atom. The largest absolute Gasteiger partial charge is 0.484 e. The van der Waals surface area contributed by atoms with Gasteiger partial charge < -0.3 is 10.1 Å². The summed E-state index contributed by atoms with van der Waals surface area (Å²) >= 11 is 1.67. The molecule has 0 aliphatic rings. The summed E-state index contributed by atoms with van der Waals surface area (Å²) in [5, 5.41) is 7.08. The number of hydrogen-bond donors (Lipinski definition) is 1. The van der Waals surface area contributed by atoms with Crippen LogP contribution in [0.4, 0.5) is 0 Å². The molecule has 0 atom stereocenters. The molecule has 3 rings (SSSR count). The van der Waals surface area contributed by atoms with E-state index >= 15 is 0 Å². The molecule has 1 N–H and O–H groups in total. The van der Waals surface area contributed by atoms with Gasteiger partial charge in [-0.2, -0.15) is 11.3 Å². The first-order chi connectivity index (χ1) is 11.3. The van der Waals surface area contributed by atoms with E-state index in [9.17, 15) is 4.79 Å². The highest BCUT2D eigenvalue weighted by molar-refractivity contribution is 7.08. The fourth-order valence-electron chi connectivity index (χ4n) is 2.28. The number of thiophene rings is 1. The molecule has 0 aliphatic heterocycles. The van der Waals surface area contributed by atoms with Crippen LogP contribution in [0.25, 0.3) is 11.1 Å². The van der Waals surface area contributed by atoms with Crippen LogP contribution in [0.15, 0.2) is 71.4 Å². The Morgan fingerprint density at radius 1 is 1.00 bits per heavy atom. The van der Waals surface area contributed by atoms with E-state index in [-0.39, 0.29) is 12.5 Å².